The molecule has 2 N–H and O–H groups in total. The van der Waals surface area contributed by atoms with E-state index in [-0.39, 0.29) is 5.69 Å². The highest BCUT2D eigenvalue weighted by Gasteiger charge is 2.15. The molecule has 0 radical (unpaired) electrons. The first-order chi connectivity index (χ1) is 13.6. The fraction of sp³-hybridized carbons (Fsp3) is 0.0500. The number of aromatic nitrogens is 3. The molecule has 4 aromatic rings. The van der Waals surface area contributed by atoms with E-state index in [4.69, 9.17) is 11.6 Å². The molecule has 0 spiro atoms. The fourth-order valence-corrected chi connectivity index (χ4v) is 3.44. The van der Waals surface area contributed by atoms with Crippen molar-refractivity contribution in [3.63, 3.8) is 0 Å². The van der Waals surface area contributed by atoms with Gasteiger partial charge >= 0.3 is 0 Å². The molecule has 6 nitrogen and oxygen atoms in total. The van der Waals surface area contributed by atoms with Crippen molar-refractivity contribution in [1.82, 2.24) is 20.2 Å². The van der Waals surface area contributed by atoms with Gasteiger partial charge in [-0.2, -0.15) is 10.2 Å². The number of nitrogens with one attached hydrogen (secondary N) is 2. The lowest BCUT2D eigenvalue weighted by Crippen LogP contribution is -2.19. The van der Waals surface area contributed by atoms with E-state index in [0.717, 1.165) is 22.0 Å². The number of amides is 1. The molecule has 0 atom stereocenters. The lowest BCUT2D eigenvalue weighted by Gasteiger charge is -2.01. The van der Waals surface area contributed by atoms with Gasteiger partial charge in [0, 0.05) is 33.9 Å². The summed E-state index contributed by atoms with van der Waals surface area (Å²) >= 11 is 9.29. The Labute approximate surface area is 174 Å². The Morgan fingerprint density at radius 2 is 2.04 bits per heavy atom. The van der Waals surface area contributed by atoms with Crippen LogP contribution in [0.1, 0.15) is 21.6 Å². The second-order valence-corrected chi connectivity index (χ2v) is 7.43. The molecule has 8 heteroatoms. The number of hydrogen-bond donors (Lipinski definition) is 2. The number of carbonyl (C=O) groups excluding carboxylic acids is 1. The summed E-state index contributed by atoms with van der Waals surface area (Å²) in [6, 6.07) is 15.4. The standard InChI is InChI=1S/C20H15BrClN5O/c21-17-12-27(11-13-5-7-15(22)8-6-13)26-19(17)20(28)25-24-10-14-9-23-18-4-2-1-3-16(14)18/h1-10,12,23H,11H2,(H,25,28)/b24-10+. The number of halogens is 2. The van der Waals surface area contributed by atoms with Gasteiger partial charge in [-0.3, -0.25) is 9.48 Å². The van der Waals surface area contributed by atoms with Gasteiger partial charge in [-0.25, -0.2) is 5.43 Å². The van der Waals surface area contributed by atoms with Crippen LogP contribution in [-0.4, -0.2) is 26.9 Å². The van der Waals surface area contributed by atoms with Crippen LogP contribution in [0.2, 0.25) is 5.02 Å². The first kappa shape index (κ1) is 18.5. The number of carbonyl (C=O) groups is 1. The van der Waals surface area contributed by atoms with Crippen molar-refractivity contribution in [3.8, 4) is 0 Å². The minimum absolute atomic E-state index is 0.269. The van der Waals surface area contributed by atoms with Gasteiger partial charge in [-0.05, 0) is 39.7 Å². The third kappa shape index (κ3) is 4.00. The molecule has 2 aromatic carbocycles. The third-order valence-corrected chi connectivity index (χ3v) is 5.01. The molecular weight excluding hydrogens is 442 g/mol. The van der Waals surface area contributed by atoms with Gasteiger partial charge in [-0.1, -0.05) is 41.9 Å². The van der Waals surface area contributed by atoms with Crippen molar-refractivity contribution in [2.45, 2.75) is 6.54 Å². The summed E-state index contributed by atoms with van der Waals surface area (Å²) < 4.78 is 2.28. The molecule has 0 aliphatic carbocycles. The van der Waals surface area contributed by atoms with Gasteiger partial charge in [0.1, 0.15) is 0 Å². The Balaban J connectivity index is 1.44. The molecule has 0 bridgehead atoms. The van der Waals surface area contributed by atoms with E-state index in [1.165, 1.54) is 0 Å². The summed E-state index contributed by atoms with van der Waals surface area (Å²) in [5.41, 5.74) is 5.73. The van der Waals surface area contributed by atoms with E-state index in [2.05, 4.69) is 36.5 Å². The first-order valence-corrected chi connectivity index (χ1v) is 9.64. The minimum atomic E-state index is -0.391. The number of fused-ring (bicyclic) bond motifs is 1. The van der Waals surface area contributed by atoms with E-state index in [1.54, 1.807) is 17.1 Å². The van der Waals surface area contributed by atoms with E-state index >= 15 is 0 Å². The molecule has 0 saturated carbocycles. The second-order valence-electron chi connectivity index (χ2n) is 6.14. The quantitative estimate of drug-likeness (QED) is 0.340. The summed E-state index contributed by atoms with van der Waals surface area (Å²) in [6.45, 7) is 0.529. The third-order valence-electron chi connectivity index (χ3n) is 4.18. The highest BCUT2D eigenvalue weighted by Crippen LogP contribution is 2.18. The smallest absolute Gasteiger partial charge is 0.293 e. The maximum atomic E-state index is 12.4. The second kappa shape index (κ2) is 8.00. The van der Waals surface area contributed by atoms with Crippen LogP contribution in [-0.2, 0) is 6.54 Å². The van der Waals surface area contributed by atoms with Crippen LogP contribution < -0.4 is 5.43 Å². The Hall–Kier alpha value is -2.90. The fourth-order valence-electron chi connectivity index (χ4n) is 2.82. The molecule has 0 aliphatic rings. The molecule has 1 amide bonds. The number of hydrazone groups is 1. The zero-order valence-corrected chi connectivity index (χ0v) is 16.9. The average Bonchev–Trinajstić information content (AvgIpc) is 3.27. The van der Waals surface area contributed by atoms with Crippen LogP contribution in [0.4, 0.5) is 0 Å². The summed E-state index contributed by atoms with van der Waals surface area (Å²) in [5, 5.41) is 10.1. The van der Waals surface area contributed by atoms with Crippen molar-refractivity contribution in [2.24, 2.45) is 5.10 Å². The zero-order chi connectivity index (χ0) is 19.5. The molecule has 28 heavy (non-hydrogen) atoms. The van der Waals surface area contributed by atoms with Gasteiger partial charge in [0.25, 0.3) is 5.91 Å². The van der Waals surface area contributed by atoms with Crippen molar-refractivity contribution in [1.29, 1.82) is 0 Å². The summed E-state index contributed by atoms with van der Waals surface area (Å²) in [5.74, 6) is -0.391. The van der Waals surface area contributed by atoms with Crippen LogP contribution in [0, 0.1) is 0 Å². The van der Waals surface area contributed by atoms with Gasteiger partial charge in [0.05, 0.1) is 17.2 Å². The normalized spacial score (nSPS) is 11.4. The van der Waals surface area contributed by atoms with Gasteiger partial charge in [0.15, 0.2) is 5.69 Å². The molecule has 0 aliphatic heterocycles. The zero-order valence-electron chi connectivity index (χ0n) is 14.6. The summed E-state index contributed by atoms with van der Waals surface area (Å²) in [4.78, 5) is 15.6. The van der Waals surface area contributed by atoms with Crippen LogP contribution in [0.5, 0.6) is 0 Å². The topological polar surface area (TPSA) is 75.1 Å². The Morgan fingerprint density at radius 3 is 2.86 bits per heavy atom. The number of hydrogen-bond acceptors (Lipinski definition) is 3. The van der Waals surface area contributed by atoms with E-state index in [0.29, 0.717) is 16.0 Å². The van der Waals surface area contributed by atoms with Crippen LogP contribution >= 0.6 is 27.5 Å². The van der Waals surface area contributed by atoms with Crippen molar-refractivity contribution < 1.29 is 4.79 Å². The number of para-hydroxylation sites is 1. The Kier molecular flexibility index (Phi) is 5.27. The minimum Gasteiger partial charge on any atom is -0.361 e. The van der Waals surface area contributed by atoms with Crippen LogP contribution in [0.3, 0.4) is 0 Å². The first-order valence-electron chi connectivity index (χ1n) is 8.47. The lowest BCUT2D eigenvalue weighted by molar-refractivity contribution is 0.0948. The van der Waals surface area contributed by atoms with Gasteiger partial charge in [-0.15, -0.1) is 0 Å². The maximum Gasteiger partial charge on any atom is 0.293 e. The Morgan fingerprint density at radius 1 is 1.25 bits per heavy atom. The number of aromatic amines is 1. The molecule has 0 fully saturated rings. The molecule has 4 rings (SSSR count). The number of nitrogens with zero attached hydrogens (tertiary/aromatic N) is 3. The van der Waals surface area contributed by atoms with Crippen molar-refractivity contribution >= 4 is 50.6 Å². The highest BCUT2D eigenvalue weighted by molar-refractivity contribution is 9.10. The predicted octanol–water partition coefficient (Wildman–Crippen LogP) is 4.59. The molecule has 2 heterocycles. The van der Waals surface area contributed by atoms with Crippen molar-refractivity contribution in [3.05, 3.63) is 87.2 Å². The van der Waals surface area contributed by atoms with Crippen LogP contribution in [0.15, 0.2) is 70.5 Å². The lowest BCUT2D eigenvalue weighted by atomic mass is 10.2. The Bertz CT molecular complexity index is 1160. The molecule has 0 unspecified atom stereocenters. The maximum absolute atomic E-state index is 12.4. The van der Waals surface area contributed by atoms with E-state index in [1.807, 2.05) is 54.7 Å². The highest BCUT2D eigenvalue weighted by atomic mass is 79.9. The molecule has 140 valence electrons. The largest absolute Gasteiger partial charge is 0.361 e. The van der Waals surface area contributed by atoms with E-state index in [9.17, 15) is 4.79 Å². The van der Waals surface area contributed by atoms with Crippen LogP contribution in [0.25, 0.3) is 10.9 Å². The number of H-pyrrole nitrogens is 1. The van der Waals surface area contributed by atoms with Gasteiger partial charge in [0.2, 0.25) is 0 Å². The molecule has 2 aromatic heterocycles. The van der Waals surface area contributed by atoms with Gasteiger partial charge < -0.3 is 4.98 Å². The SMILES string of the molecule is O=C(N/N=C/c1c[nH]c2ccccc12)c1nn(Cc2ccc(Cl)cc2)cc1Br. The molecule has 0 saturated heterocycles. The molecular formula is C20H15BrClN5O. The monoisotopic (exact) mass is 455 g/mol. The van der Waals surface area contributed by atoms with Crippen molar-refractivity contribution in [2.75, 3.05) is 0 Å². The summed E-state index contributed by atoms with van der Waals surface area (Å²) in [7, 11) is 0. The number of rotatable bonds is 5. The average molecular weight is 457 g/mol. The number of benzene rings is 2. The predicted molar refractivity (Wildman–Crippen MR) is 114 cm³/mol. The van der Waals surface area contributed by atoms with E-state index < -0.39 is 5.91 Å². The summed E-state index contributed by atoms with van der Waals surface area (Å²) in [6.07, 6.45) is 5.21.